The van der Waals surface area contributed by atoms with Gasteiger partial charge in [-0.3, -0.25) is 9.59 Å². The van der Waals surface area contributed by atoms with Crippen LogP contribution in [0, 0.1) is 5.82 Å². The van der Waals surface area contributed by atoms with Gasteiger partial charge in [-0.1, -0.05) is 12.1 Å². The van der Waals surface area contributed by atoms with Gasteiger partial charge in [0.15, 0.2) is 0 Å². The second kappa shape index (κ2) is 6.94. The van der Waals surface area contributed by atoms with Crippen molar-refractivity contribution in [1.82, 2.24) is 14.4 Å². The Morgan fingerprint density at radius 3 is 2.58 bits per heavy atom. The number of benzene rings is 1. The molecule has 1 atom stereocenters. The van der Waals surface area contributed by atoms with Crippen LogP contribution in [0.15, 0.2) is 42.6 Å². The first kappa shape index (κ1) is 16.8. The quantitative estimate of drug-likeness (QED) is 0.795. The van der Waals surface area contributed by atoms with Gasteiger partial charge < -0.3 is 14.4 Å². The number of amides is 2. The van der Waals surface area contributed by atoms with E-state index in [2.05, 4.69) is 4.57 Å². The van der Waals surface area contributed by atoms with Gasteiger partial charge in [0.1, 0.15) is 12.2 Å². The Balaban J connectivity index is 1.61. The van der Waals surface area contributed by atoms with Crippen LogP contribution in [0.2, 0.25) is 0 Å². The summed E-state index contributed by atoms with van der Waals surface area (Å²) in [6.45, 7) is 2.66. The normalized spacial score (nSPS) is 19.5. The topological polar surface area (TPSA) is 45.6 Å². The minimum atomic E-state index is -0.367. The molecule has 4 rings (SSSR count). The summed E-state index contributed by atoms with van der Waals surface area (Å²) < 4.78 is 15.9. The van der Waals surface area contributed by atoms with Crippen LogP contribution in [0.1, 0.15) is 36.6 Å². The molecule has 136 valence electrons. The number of carbonyl (C=O) groups excluding carboxylic acids is 2. The summed E-state index contributed by atoms with van der Waals surface area (Å²) >= 11 is 0. The minimum Gasteiger partial charge on any atom is -0.348 e. The van der Waals surface area contributed by atoms with Crippen molar-refractivity contribution in [1.29, 1.82) is 0 Å². The molecule has 0 saturated carbocycles. The Labute approximate surface area is 152 Å². The van der Waals surface area contributed by atoms with Crippen molar-refractivity contribution in [3.05, 3.63) is 59.7 Å². The van der Waals surface area contributed by atoms with E-state index in [1.165, 1.54) is 12.1 Å². The predicted octanol–water partition coefficient (Wildman–Crippen LogP) is 2.57. The molecule has 0 N–H and O–H groups in total. The molecule has 1 fully saturated rings. The largest absolute Gasteiger partial charge is 0.348 e. The molecule has 0 aliphatic carbocycles. The Kier molecular flexibility index (Phi) is 4.49. The van der Waals surface area contributed by atoms with E-state index in [0.29, 0.717) is 13.1 Å². The number of halogens is 1. The molecule has 1 saturated heterocycles. The third kappa shape index (κ3) is 3.11. The highest BCUT2D eigenvalue weighted by Gasteiger charge is 2.33. The maximum atomic E-state index is 13.8. The summed E-state index contributed by atoms with van der Waals surface area (Å²) in [5, 5.41) is 0. The Bertz CT molecular complexity index is 826. The van der Waals surface area contributed by atoms with Crippen LogP contribution in [-0.4, -0.2) is 45.8 Å². The van der Waals surface area contributed by atoms with E-state index in [1.54, 1.807) is 15.9 Å². The Hall–Kier alpha value is -2.63. The van der Waals surface area contributed by atoms with Crippen LogP contribution in [-0.2, 0) is 16.1 Å². The van der Waals surface area contributed by atoms with Crippen molar-refractivity contribution in [3.8, 4) is 0 Å². The molecule has 0 spiro atoms. The number of aromatic nitrogens is 1. The fourth-order valence-corrected chi connectivity index (χ4v) is 3.99. The van der Waals surface area contributed by atoms with Crippen LogP contribution >= 0.6 is 0 Å². The summed E-state index contributed by atoms with van der Waals surface area (Å²) in [7, 11) is 0. The van der Waals surface area contributed by atoms with Crippen LogP contribution < -0.4 is 0 Å². The van der Waals surface area contributed by atoms with E-state index in [0.717, 1.165) is 37.2 Å². The molecule has 0 radical (unpaired) electrons. The van der Waals surface area contributed by atoms with Gasteiger partial charge in [0.25, 0.3) is 0 Å². The second-order valence-corrected chi connectivity index (χ2v) is 6.94. The molecule has 2 aliphatic heterocycles. The van der Waals surface area contributed by atoms with Gasteiger partial charge in [-0.15, -0.1) is 0 Å². The van der Waals surface area contributed by atoms with Crippen LogP contribution in [0.25, 0.3) is 0 Å². The fourth-order valence-electron chi connectivity index (χ4n) is 3.99. The standard InChI is InChI=1S/C20H22FN3O2/c21-16-6-3-5-15(13-16)20-17-7-4-10-22(17)11-12-24(20)19(26)14-18(25)23-8-1-2-9-23/h3-7,10,13,20H,1-2,8-9,11-12,14H2. The van der Waals surface area contributed by atoms with Gasteiger partial charge in [0.2, 0.25) is 11.8 Å². The predicted molar refractivity (Wildman–Crippen MR) is 94.8 cm³/mol. The smallest absolute Gasteiger partial charge is 0.232 e. The number of fused-ring (bicyclic) bond motifs is 1. The van der Waals surface area contributed by atoms with E-state index < -0.39 is 0 Å². The first-order valence-corrected chi connectivity index (χ1v) is 9.11. The molecule has 2 aliphatic rings. The number of rotatable bonds is 3. The lowest BCUT2D eigenvalue weighted by molar-refractivity contribution is -0.141. The average Bonchev–Trinajstić information content (AvgIpc) is 3.32. The van der Waals surface area contributed by atoms with E-state index in [-0.39, 0.29) is 30.1 Å². The third-order valence-corrected chi connectivity index (χ3v) is 5.28. The highest BCUT2D eigenvalue weighted by atomic mass is 19.1. The minimum absolute atomic E-state index is 0.105. The van der Waals surface area contributed by atoms with E-state index in [4.69, 9.17) is 0 Å². The maximum absolute atomic E-state index is 13.8. The molecule has 2 aromatic rings. The number of likely N-dealkylation sites (tertiary alicyclic amines) is 1. The van der Waals surface area contributed by atoms with Crippen LogP contribution in [0.5, 0.6) is 0 Å². The third-order valence-electron chi connectivity index (χ3n) is 5.28. The van der Waals surface area contributed by atoms with Crippen LogP contribution in [0.4, 0.5) is 4.39 Å². The van der Waals surface area contributed by atoms with Crippen molar-refractivity contribution in [3.63, 3.8) is 0 Å². The lowest BCUT2D eigenvalue weighted by atomic mass is 9.99. The average molecular weight is 355 g/mol. The van der Waals surface area contributed by atoms with Gasteiger partial charge in [-0.2, -0.15) is 0 Å². The zero-order valence-corrected chi connectivity index (χ0v) is 14.6. The first-order valence-electron chi connectivity index (χ1n) is 9.11. The summed E-state index contributed by atoms with van der Waals surface area (Å²) in [4.78, 5) is 28.8. The number of hydrogen-bond donors (Lipinski definition) is 0. The molecule has 2 amide bonds. The Morgan fingerprint density at radius 2 is 1.81 bits per heavy atom. The molecular weight excluding hydrogens is 333 g/mol. The van der Waals surface area contributed by atoms with Crippen molar-refractivity contribution in [2.75, 3.05) is 19.6 Å². The number of hydrogen-bond acceptors (Lipinski definition) is 2. The second-order valence-electron chi connectivity index (χ2n) is 6.94. The van der Waals surface area contributed by atoms with Crippen molar-refractivity contribution >= 4 is 11.8 Å². The molecule has 26 heavy (non-hydrogen) atoms. The number of carbonyl (C=O) groups is 2. The molecule has 1 aromatic heterocycles. The highest BCUT2D eigenvalue weighted by Crippen LogP contribution is 2.33. The summed E-state index contributed by atoms with van der Waals surface area (Å²) in [5.74, 6) is -0.623. The van der Waals surface area contributed by atoms with E-state index in [1.807, 2.05) is 24.4 Å². The summed E-state index contributed by atoms with van der Waals surface area (Å²) in [5.41, 5.74) is 1.68. The number of nitrogens with zero attached hydrogens (tertiary/aromatic N) is 3. The summed E-state index contributed by atoms with van der Waals surface area (Å²) in [6.07, 6.45) is 3.86. The molecule has 1 unspecified atom stereocenters. The molecule has 5 nitrogen and oxygen atoms in total. The lowest BCUT2D eigenvalue weighted by Crippen LogP contribution is -2.44. The van der Waals surface area contributed by atoms with Crippen LogP contribution in [0.3, 0.4) is 0 Å². The van der Waals surface area contributed by atoms with Crippen molar-refractivity contribution in [2.45, 2.75) is 31.8 Å². The lowest BCUT2D eigenvalue weighted by Gasteiger charge is -2.37. The van der Waals surface area contributed by atoms with Gasteiger partial charge in [-0.25, -0.2) is 4.39 Å². The molecule has 3 heterocycles. The zero-order chi connectivity index (χ0) is 18.1. The molecular formula is C20H22FN3O2. The maximum Gasteiger partial charge on any atom is 0.232 e. The van der Waals surface area contributed by atoms with Crippen molar-refractivity contribution in [2.24, 2.45) is 0 Å². The monoisotopic (exact) mass is 355 g/mol. The van der Waals surface area contributed by atoms with Gasteiger partial charge >= 0.3 is 0 Å². The molecule has 1 aromatic carbocycles. The molecule has 0 bridgehead atoms. The highest BCUT2D eigenvalue weighted by molar-refractivity contribution is 5.97. The first-order chi connectivity index (χ1) is 12.6. The molecule has 6 heteroatoms. The van der Waals surface area contributed by atoms with Crippen molar-refractivity contribution < 1.29 is 14.0 Å². The summed E-state index contributed by atoms with van der Waals surface area (Å²) in [6, 6.07) is 9.88. The van der Waals surface area contributed by atoms with E-state index in [9.17, 15) is 14.0 Å². The SMILES string of the molecule is O=C(CC(=O)N1CCn2cccc2C1c1cccc(F)c1)N1CCCC1. The van der Waals surface area contributed by atoms with Gasteiger partial charge in [0, 0.05) is 38.1 Å². The van der Waals surface area contributed by atoms with Gasteiger partial charge in [0.05, 0.1) is 6.04 Å². The van der Waals surface area contributed by atoms with E-state index >= 15 is 0 Å². The van der Waals surface area contributed by atoms with Gasteiger partial charge in [-0.05, 0) is 42.7 Å². The fraction of sp³-hybridized carbons (Fsp3) is 0.400. The Morgan fingerprint density at radius 1 is 1.00 bits per heavy atom. The zero-order valence-electron chi connectivity index (χ0n) is 14.6.